The molecule has 0 unspecified atom stereocenters. The summed E-state index contributed by atoms with van der Waals surface area (Å²) in [5.41, 5.74) is 1.83. The van der Waals surface area contributed by atoms with Crippen LogP contribution in [-0.4, -0.2) is 59.6 Å². The molecule has 2 heterocycles. The topological polar surface area (TPSA) is 114 Å². The largest absolute Gasteiger partial charge is 0.331 e. The lowest BCUT2D eigenvalue weighted by atomic mass is 10.1. The van der Waals surface area contributed by atoms with Crippen LogP contribution < -0.4 is 10.5 Å². The van der Waals surface area contributed by atoms with Crippen LogP contribution >= 0.6 is 0 Å². The number of aromatic nitrogens is 2. The van der Waals surface area contributed by atoms with Crippen LogP contribution in [0.4, 0.5) is 4.79 Å². The van der Waals surface area contributed by atoms with Gasteiger partial charge in [0.05, 0.1) is 11.7 Å². The minimum Gasteiger partial charge on any atom is -0.331 e. The predicted octanol–water partition coefficient (Wildman–Crippen LogP) is 0.464. The average Bonchev–Trinajstić information content (AvgIpc) is 3.15. The zero-order valence-electron chi connectivity index (χ0n) is 14.4. The lowest BCUT2D eigenvalue weighted by Crippen LogP contribution is -2.54. The maximum absolute atomic E-state index is 12.5. The quantitative estimate of drug-likeness (QED) is 0.805. The molecule has 0 radical (unpaired) electrons. The average molecular weight is 378 g/mol. The number of rotatable bonds is 4. The summed E-state index contributed by atoms with van der Waals surface area (Å²) in [6.45, 7) is 2.90. The highest BCUT2D eigenvalue weighted by Gasteiger charge is 2.27. The Balaban J connectivity index is 1.66. The molecule has 10 heteroatoms. The first kappa shape index (κ1) is 18.4. The number of hydrogen-bond donors (Lipinski definition) is 2. The Hall–Kier alpha value is -2.43. The molecule has 2 amide bonds. The monoisotopic (exact) mass is 378 g/mol. The van der Waals surface area contributed by atoms with Crippen molar-refractivity contribution in [2.24, 2.45) is 5.14 Å². The van der Waals surface area contributed by atoms with E-state index in [1.54, 1.807) is 15.8 Å². The van der Waals surface area contributed by atoms with Crippen molar-refractivity contribution in [1.29, 1.82) is 0 Å². The van der Waals surface area contributed by atoms with Crippen molar-refractivity contribution in [2.75, 3.05) is 26.2 Å². The van der Waals surface area contributed by atoms with Gasteiger partial charge in [0.2, 0.25) is 0 Å². The fourth-order valence-electron chi connectivity index (χ4n) is 2.97. The molecule has 1 aromatic heterocycles. The van der Waals surface area contributed by atoms with Crippen molar-refractivity contribution in [1.82, 2.24) is 24.3 Å². The second-order valence-electron chi connectivity index (χ2n) is 6.11. The minimum atomic E-state index is -3.71. The van der Waals surface area contributed by atoms with Gasteiger partial charge in [-0.3, -0.25) is 0 Å². The number of amides is 2. The lowest BCUT2D eigenvalue weighted by Gasteiger charge is -2.33. The van der Waals surface area contributed by atoms with E-state index in [0.717, 1.165) is 11.3 Å². The van der Waals surface area contributed by atoms with E-state index >= 15 is 0 Å². The smallest absolute Gasteiger partial charge is 0.317 e. The van der Waals surface area contributed by atoms with Crippen LogP contribution in [0.1, 0.15) is 18.5 Å². The number of carbonyl (C=O) groups is 1. The summed E-state index contributed by atoms with van der Waals surface area (Å²) in [5.74, 6) is 0. The molecule has 1 atom stereocenters. The first-order valence-electron chi connectivity index (χ1n) is 8.28. The van der Waals surface area contributed by atoms with E-state index in [1.165, 1.54) is 4.31 Å². The molecule has 9 nitrogen and oxygen atoms in total. The van der Waals surface area contributed by atoms with E-state index in [0.29, 0.717) is 13.1 Å². The fourth-order valence-corrected chi connectivity index (χ4v) is 3.65. The maximum Gasteiger partial charge on any atom is 0.317 e. The molecule has 2 aromatic rings. The maximum atomic E-state index is 12.5. The lowest BCUT2D eigenvalue weighted by molar-refractivity contribution is 0.169. The number of benzene rings is 1. The zero-order chi connectivity index (χ0) is 18.7. The van der Waals surface area contributed by atoms with Crippen LogP contribution in [0.2, 0.25) is 0 Å². The number of para-hydroxylation sites is 1. The molecular weight excluding hydrogens is 356 g/mol. The van der Waals surface area contributed by atoms with Crippen LogP contribution in [0.3, 0.4) is 0 Å². The van der Waals surface area contributed by atoms with Gasteiger partial charge in [-0.2, -0.15) is 17.8 Å². The number of nitrogens with two attached hydrogens (primary N) is 1. The van der Waals surface area contributed by atoms with E-state index in [1.807, 2.05) is 43.5 Å². The van der Waals surface area contributed by atoms with Crippen LogP contribution in [0.5, 0.6) is 0 Å². The highest BCUT2D eigenvalue weighted by molar-refractivity contribution is 7.86. The summed E-state index contributed by atoms with van der Waals surface area (Å²) >= 11 is 0. The molecule has 140 valence electrons. The number of urea groups is 1. The third-order valence-corrected chi connectivity index (χ3v) is 5.47. The number of nitrogens with one attached hydrogen (secondary N) is 1. The zero-order valence-corrected chi connectivity index (χ0v) is 15.3. The molecule has 1 aromatic carbocycles. The third kappa shape index (κ3) is 4.03. The van der Waals surface area contributed by atoms with Crippen LogP contribution in [0, 0.1) is 0 Å². The SMILES string of the molecule is C[C@@H](NC(=O)N1CCN(S(N)(=O)=O)CC1)c1ccccc1-n1cccn1. The van der Waals surface area contributed by atoms with Crippen LogP contribution in [0.25, 0.3) is 5.69 Å². The summed E-state index contributed by atoms with van der Waals surface area (Å²) in [5, 5.41) is 12.3. The van der Waals surface area contributed by atoms with Crippen molar-refractivity contribution in [3.05, 3.63) is 48.3 Å². The van der Waals surface area contributed by atoms with E-state index < -0.39 is 10.2 Å². The van der Waals surface area contributed by atoms with Crippen molar-refractivity contribution in [3.8, 4) is 5.69 Å². The van der Waals surface area contributed by atoms with E-state index in [4.69, 9.17) is 5.14 Å². The summed E-state index contributed by atoms with van der Waals surface area (Å²) in [4.78, 5) is 14.1. The Morgan fingerprint density at radius 3 is 2.50 bits per heavy atom. The van der Waals surface area contributed by atoms with E-state index in [-0.39, 0.29) is 25.2 Å². The molecule has 0 bridgehead atoms. The molecule has 26 heavy (non-hydrogen) atoms. The number of carbonyl (C=O) groups excluding carboxylic acids is 1. The van der Waals surface area contributed by atoms with Gasteiger partial charge in [0.1, 0.15) is 0 Å². The van der Waals surface area contributed by atoms with Gasteiger partial charge < -0.3 is 10.2 Å². The third-order valence-electron chi connectivity index (χ3n) is 4.38. The molecular formula is C16H22N6O3S. The Labute approximate surface area is 152 Å². The standard InChI is InChI=1S/C16H22N6O3S/c1-13(14-5-2-3-6-15(14)22-8-4-7-18-22)19-16(23)20-9-11-21(12-10-20)26(17,24)25/h2-8,13H,9-12H2,1H3,(H,19,23)(H2,17,24,25)/t13-/m1/s1. The Morgan fingerprint density at radius 1 is 1.19 bits per heavy atom. The second kappa shape index (κ2) is 7.44. The molecule has 1 aliphatic heterocycles. The second-order valence-corrected chi connectivity index (χ2v) is 7.66. The number of nitrogens with zero attached hydrogens (tertiary/aromatic N) is 4. The van der Waals surface area contributed by atoms with Gasteiger partial charge in [-0.1, -0.05) is 18.2 Å². The highest BCUT2D eigenvalue weighted by atomic mass is 32.2. The summed E-state index contributed by atoms with van der Waals surface area (Å²) in [6.07, 6.45) is 3.55. The fraction of sp³-hybridized carbons (Fsp3) is 0.375. The Morgan fingerprint density at radius 2 is 1.88 bits per heavy atom. The first-order valence-corrected chi connectivity index (χ1v) is 9.79. The molecule has 0 saturated carbocycles. The Bertz CT molecular complexity index is 860. The highest BCUT2D eigenvalue weighted by Crippen LogP contribution is 2.21. The van der Waals surface area contributed by atoms with Crippen molar-refractivity contribution in [2.45, 2.75) is 13.0 Å². The molecule has 0 aliphatic carbocycles. The molecule has 1 aliphatic rings. The normalized spacial score (nSPS) is 17.1. The van der Waals surface area contributed by atoms with Gasteiger partial charge in [-0.15, -0.1) is 0 Å². The van der Waals surface area contributed by atoms with E-state index in [9.17, 15) is 13.2 Å². The van der Waals surface area contributed by atoms with Gasteiger partial charge in [0.15, 0.2) is 0 Å². The van der Waals surface area contributed by atoms with Crippen LogP contribution in [0.15, 0.2) is 42.7 Å². The van der Waals surface area contributed by atoms with Crippen molar-refractivity contribution < 1.29 is 13.2 Å². The molecule has 3 N–H and O–H groups in total. The van der Waals surface area contributed by atoms with Crippen LogP contribution in [-0.2, 0) is 10.2 Å². The summed E-state index contributed by atoms with van der Waals surface area (Å²) < 4.78 is 25.6. The molecule has 3 rings (SSSR count). The number of piperazine rings is 1. The number of hydrogen-bond acceptors (Lipinski definition) is 4. The van der Waals surface area contributed by atoms with Gasteiger partial charge in [0.25, 0.3) is 10.2 Å². The molecule has 1 saturated heterocycles. The summed E-state index contributed by atoms with van der Waals surface area (Å²) in [6, 6.07) is 9.08. The first-order chi connectivity index (χ1) is 12.4. The van der Waals surface area contributed by atoms with Crippen molar-refractivity contribution >= 4 is 16.2 Å². The van der Waals surface area contributed by atoms with Crippen molar-refractivity contribution in [3.63, 3.8) is 0 Å². The minimum absolute atomic E-state index is 0.199. The Kier molecular flexibility index (Phi) is 5.25. The van der Waals surface area contributed by atoms with Gasteiger partial charge >= 0.3 is 6.03 Å². The predicted molar refractivity (Wildman–Crippen MR) is 96.8 cm³/mol. The van der Waals surface area contributed by atoms with E-state index in [2.05, 4.69) is 10.4 Å². The summed E-state index contributed by atoms with van der Waals surface area (Å²) in [7, 11) is -3.71. The molecule has 1 fully saturated rings. The van der Waals surface area contributed by atoms with Gasteiger partial charge in [0, 0.05) is 38.6 Å². The van der Waals surface area contributed by atoms with Gasteiger partial charge in [-0.05, 0) is 24.6 Å². The van der Waals surface area contributed by atoms with Gasteiger partial charge in [-0.25, -0.2) is 14.6 Å². The molecule has 0 spiro atoms.